The molecular formula is C23H28N6O6. The van der Waals surface area contributed by atoms with Gasteiger partial charge in [-0.25, -0.2) is 14.3 Å². The number of nitrogens with one attached hydrogen (secondary N) is 1. The molecule has 3 N–H and O–H groups in total. The molecule has 0 unspecified atom stereocenters. The van der Waals surface area contributed by atoms with Gasteiger partial charge < -0.3 is 15.4 Å². The van der Waals surface area contributed by atoms with Gasteiger partial charge in [0, 0.05) is 25.5 Å². The van der Waals surface area contributed by atoms with Gasteiger partial charge in [-0.05, 0) is 18.9 Å². The fourth-order valence-corrected chi connectivity index (χ4v) is 3.69. The van der Waals surface area contributed by atoms with Crippen molar-refractivity contribution in [3.05, 3.63) is 61.2 Å². The normalized spacial score (nSPS) is 10.9. The molecule has 2 heterocycles. The van der Waals surface area contributed by atoms with E-state index in [1.165, 1.54) is 11.6 Å². The average molecular weight is 485 g/mol. The maximum absolute atomic E-state index is 13.1. The zero-order valence-corrected chi connectivity index (χ0v) is 19.9. The van der Waals surface area contributed by atoms with Crippen LogP contribution in [-0.2, 0) is 23.1 Å². The van der Waals surface area contributed by atoms with Crippen LogP contribution in [0.2, 0.25) is 0 Å². The predicted molar refractivity (Wildman–Crippen MR) is 131 cm³/mol. The molecule has 1 amide bonds. The summed E-state index contributed by atoms with van der Waals surface area (Å²) in [4.78, 5) is 66.3. The lowest BCUT2D eigenvalue weighted by Gasteiger charge is -2.24. The Hall–Kier alpha value is -4.22. The van der Waals surface area contributed by atoms with Gasteiger partial charge in [-0.3, -0.25) is 23.9 Å². The van der Waals surface area contributed by atoms with Gasteiger partial charge in [0.1, 0.15) is 5.82 Å². The monoisotopic (exact) mass is 484 g/mol. The number of hydrogen-bond acceptors (Lipinski definition) is 8. The molecule has 35 heavy (non-hydrogen) atoms. The Balaban J connectivity index is 1.92. The summed E-state index contributed by atoms with van der Waals surface area (Å²) in [5, 5.41) is 4.57. The Morgan fingerprint density at radius 1 is 1.11 bits per heavy atom. The molecule has 3 aromatic rings. The number of aryl methyl sites for hydroxylation is 1. The van der Waals surface area contributed by atoms with E-state index in [2.05, 4.69) is 10.1 Å². The number of unbranched alkanes of at least 4 members (excludes halogenated alkanes) is 1. The zero-order chi connectivity index (χ0) is 25.7. The number of ether oxygens (including phenoxy) is 1. The first-order valence-electron chi connectivity index (χ1n) is 11.3. The first kappa shape index (κ1) is 25.4. The number of nitrogens with two attached hydrogens (primary N) is 1. The number of rotatable bonds is 9. The maximum atomic E-state index is 13.1. The van der Waals surface area contributed by atoms with E-state index in [0.29, 0.717) is 24.6 Å². The van der Waals surface area contributed by atoms with Gasteiger partial charge in [-0.2, -0.15) is 5.10 Å². The second kappa shape index (κ2) is 10.8. The lowest BCUT2D eigenvalue weighted by atomic mass is 10.1. The van der Waals surface area contributed by atoms with Gasteiger partial charge in [0.25, 0.3) is 17.0 Å². The summed E-state index contributed by atoms with van der Waals surface area (Å²) in [5.41, 5.74) is 3.98. The Kier molecular flexibility index (Phi) is 7.84. The highest BCUT2D eigenvalue weighted by Crippen LogP contribution is 2.19. The molecule has 0 atom stereocenters. The molecule has 3 rings (SSSR count). The fourth-order valence-electron chi connectivity index (χ4n) is 3.69. The van der Waals surface area contributed by atoms with E-state index in [0.717, 1.165) is 9.58 Å². The highest BCUT2D eigenvalue weighted by atomic mass is 16.5. The van der Waals surface area contributed by atoms with Crippen LogP contribution >= 0.6 is 0 Å². The number of amides is 1. The quantitative estimate of drug-likeness (QED) is 0.421. The van der Waals surface area contributed by atoms with E-state index >= 15 is 0 Å². The third-order valence-corrected chi connectivity index (χ3v) is 5.44. The number of anilines is 2. The third-order valence-electron chi connectivity index (χ3n) is 5.44. The number of benzene rings is 1. The Morgan fingerprint density at radius 3 is 2.46 bits per heavy atom. The highest BCUT2D eigenvalue weighted by molar-refractivity contribution is 6.03. The summed E-state index contributed by atoms with van der Waals surface area (Å²) < 4.78 is 7.44. The molecule has 0 fully saturated rings. The second-order valence-electron chi connectivity index (χ2n) is 7.94. The summed E-state index contributed by atoms with van der Waals surface area (Å²) in [7, 11) is 1.41. The minimum Gasteiger partial charge on any atom is -0.451 e. The number of nitrogens with zero attached hydrogens (tertiary/aromatic N) is 4. The van der Waals surface area contributed by atoms with Crippen LogP contribution in [0.4, 0.5) is 11.5 Å². The molecule has 0 aliphatic heterocycles. The molecule has 12 nitrogen and oxygen atoms in total. The van der Waals surface area contributed by atoms with Gasteiger partial charge in [0.15, 0.2) is 18.0 Å². The van der Waals surface area contributed by atoms with Gasteiger partial charge in [-0.15, -0.1) is 0 Å². The number of H-pyrrole nitrogens is 1. The summed E-state index contributed by atoms with van der Waals surface area (Å²) >= 11 is 0. The number of fused-ring (bicyclic) bond motifs is 1. The lowest BCUT2D eigenvalue weighted by Crippen LogP contribution is -2.43. The van der Waals surface area contributed by atoms with Crippen molar-refractivity contribution >= 4 is 34.2 Å². The number of aromatic nitrogens is 4. The number of nitrogen functional groups attached to an aromatic ring is 1. The van der Waals surface area contributed by atoms with Gasteiger partial charge in [-0.1, -0.05) is 38.5 Å². The summed E-state index contributed by atoms with van der Waals surface area (Å²) in [5.74, 6) is -1.74. The molecule has 12 heteroatoms. The molecule has 0 saturated carbocycles. The van der Waals surface area contributed by atoms with Gasteiger partial charge in [0.2, 0.25) is 0 Å². The topological polar surface area (TPSA) is 162 Å². The van der Waals surface area contributed by atoms with Crippen LogP contribution in [0.3, 0.4) is 0 Å². The Morgan fingerprint density at radius 2 is 1.80 bits per heavy atom. The standard InChI is InChI=1S/C23H28N6O6/c1-4-6-12-28(18-19(24)29(11-5-2)23(34)25-20(18)31)16(30)13-35-22(33)17-14-9-7-8-10-15(14)21(32)27(3)26-17/h7-10H,4-6,11-13,24H2,1-3H3,(H,25,31,34). The zero-order valence-electron chi connectivity index (χ0n) is 19.9. The molecule has 0 spiro atoms. The average Bonchev–Trinajstić information content (AvgIpc) is 2.84. The van der Waals surface area contributed by atoms with E-state index in [4.69, 9.17) is 10.5 Å². The van der Waals surface area contributed by atoms with Crippen molar-refractivity contribution in [2.75, 3.05) is 23.8 Å². The SMILES string of the molecule is CCCCN(C(=O)COC(=O)c1nn(C)c(=O)c2ccccc12)c1c(N)n(CCC)c(=O)[nH]c1=O. The molecule has 0 aliphatic carbocycles. The van der Waals surface area contributed by atoms with Crippen LogP contribution in [0.15, 0.2) is 38.6 Å². The van der Waals surface area contributed by atoms with Gasteiger partial charge >= 0.3 is 11.7 Å². The number of aromatic amines is 1. The van der Waals surface area contributed by atoms with Crippen molar-refractivity contribution in [2.24, 2.45) is 7.05 Å². The summed E-state index contributed by atoms with van der Waals surface area (Å²) in [6.45, 7) is 3.43. The molecule has 0 bridgehead atoms. The highest BCUT2D eigenvalue weighted by Gasteiger charge is 2.26. The van der Waals surface area contributed by atoms with Crippen LogP contribution in [0.1, 0.15) is 43.6 Å². The van der Waals surface area contributed by atoms with Crippen molar-refractivity contribution in [1.29, 1.82) is 0 Å². The molecule has 1 aromatic carbocycles. The summed E-state index contributed by atoms with van der Waals surface area (Å²) in [6, 6.07) is 6.44. The Labute approximate surface area is 199 Å². The van der Waals surface area contributed by atoms with E-state index in [9.17, 15) is 24.0 Å². The van der Waals surface area contributed by atoms with E-state index in [1.54, 1.807) is 24.3 Å². The third kappa shape index (κ3) is 5.15. The van der Waals surface area contributed by atoms with Crippen LogP contribution < -0.4 is 27.4 Å². The second-order valence-corrected chi connectivity index (χ2v) is 7.94. The van der Waals surface area contributed by atoms with Crippen molar-refractivity contribution in [3.63, 3.8) is 0 Å². The molecule has 0 aliphatic rings. The van der Waals surface area contributed by atoms with Crippen LogP contribution in [-0.4, -0.2) is 44.4 Å². The largest absolute Gasteiger partial charge is 0.451 e. The maximum Gasteiger partial charge on any atom is 0.359 e. The van der Waals surface area contributed by atoms with Crippen molar-refractivity contribution in [3.8, 4) is 0 Å². The molecular weight excluding hydrogens is 456 g/mol. The number of carbonyl (C=O) groups excluding carboxylic acids is 2. The smallest absolute Gasteiger partial charge is 0.359 e. The lowest BCUT2D eigenvalue weighted by molar-refractivity contribution is -0.121. The number of hydrogen-bond donors (Lipinski definition) is 2. The van der Waals surface area contributed by atoms with E-state index in [1.807, 2.05) is 13.8 Å². The Bertz CT molecular complexity index is 1440. The van der Waals surface area contributed by atoms with Crippen molar-refractivity contribution in [2.45, 2.75) is 39.7 Å². The first-order valence-corrected chi connectivity index (χ1v) is 11.3. The molecule has 0 radical (unpaired) electrons. The molecule has 2 aromatic heterocycles. The first-order chi connectivity index (χ1) is 16.7. The van der Waals surface area contributed by atoms with Crippen molar-refractivity contribution in [1.82, 2.24) is 19.3 Å². The van der Waals surface area contributed by atoms with E-state index in [-0.39, 0.29) is 41.2 Å². The molecule has 0 saturated heterocycles. The number of carbonyl (C=O) groups is 2. The minimum absolute atomic E-state index is 0.121. The predicted octanol–water partition coefficient (Wildman–Crippen LogP) is 0.766. The van der Waals surface area contributed by atoms with Crippen molar-refractivity contribution < 1.29 is 14.3 Å². The number of esters is 1. The summed E-state index contributed by atoms with van der Waals surface area (Å²) in [6.07, 6.45) is 1.83. The van der Waals surface area contributed by atoms with Crippen LogP contribution in [0, 0.1) is 0 Å². The van der Waals surface area contributed by atoms with Crippen LogP contribution in [0.5, 0.6) is 0 Å². The fraction of sp³-hybridized carbons (Fsp3) is 0.391. The van der Waals surface area contributed by atoms with E-state index < -0.39 is 29.7 Å². The molecule has 186 valence electrons. The minimum atomic E-state index is -0.904. The van der Waals surface area contributed by atoms with Gasteiger partial charge in [0.05, 0.1) is 5.39 Å². The van der Waals surface area contributed by atoms with Crippen LogP contribution in [0.25, 0.3) is 10.8 Å².